The molecule has 0 saturated carbocycles. The summed E-state index contributed by atoms with van der Waals surface area (Å²) in [5.74, 6) is -1.48. The van der Waals surface area contributed by atoms with E-state index in [0.29, 0.717) is 6.54 Å². The lowest BCUT2D eigenvalue weighted by atomic mass is 10.4. The van der Waals surface area contributed by atoms with Gasteiger partial charge in [-0.1, -0.05) is 6.92 Å². The molecular formula is C7H14N2O3. The predicted octanol–water partition coefficient (Wildman–Crippen LogP) is 0.315. The Morgan fingerprint density at radius 3 is 2.42 bits per heavy atom. The van der Waals surface area contributed by atoms with Crippen molar-refractivity contribution in [2.75, 3.05) is 6.54 Å². The van der Waals surface area contributed by atoms with Crippen LogP contribution in [0, 0.1) is 0 Å². The van der Waals surface area contributed by atoms with Crippen LogP contribution in [0.5, 0.6) is 0 Å². The lowest BCUT2D eigenvalue weighted by Gasteiger charge is -1.95. The highest BCUT2D eigenvalue weighted by atomic mass is 16.4. The van der Waals surface area contributed by atoms with Crippen LogP contribution in [0.3, 0.4) is 0 Å². The van der Waals surface area contributed by atoms with Crippen LogP contribution in [0.1, 0.15) is 13.3 Å². The van der Waals surface area contributed by atoms with Gasteiger partial charge in [0.15, 0.2) is 0 Å². The van der Waals surface area contributed by atoms with E-state index in [1.807, 2.05) is 6.92 Å². The molecule has 0 fully saturated rings. The molecule has 0 aliphatic carbocycles. The van der Waals surface area contributed by atoms with Crippen molar-refractivity contribution in [3.8, 4) is 0 Å². The minimum atomic E-state index is -1.11. The summed E-state index contributed by atoms with van der Waals surface area (Å²) in [6.45, 7) is 2.49. The van der Waals surface area contributed by atoms with Crippen LogP contribution >= 0.6 is 0 Å². The second kappa shape index (κ2) is 7.74. The lowest BCUT2D eigenvalue weighted by Crippen LogP contribution is -2.21. The van der Waals surface area contributed by atoms with E-state index in [4.69, 9.17) is 5.11 Å². The van der Waals surface area contributed by atoms with E-state index in [1.165, 1.54) is 0 Å². The molecule has 0 saturated heterocycles. The molecule has 0 aliphatic heterocycles. The van der Waals surface area contributed by atoms with Gasteiger partial charge in [-0.3, -0.25) is 4.79 Å². The van der Waals surface area contributed by atoms with Gasteiger partial charge < -0.3 is 16.6 Å². The SMILES string of the molecule is CCCNC(=O)/C=C\C(=O)O.N. The van der Waals surface area contributed by atoms with Gasteiger partial charge in [0.05, 0.1) is 0 Å². The number of hydrogen-bond acceptors (Lipinski definition) is 3. The van der Waals surface area contributed by atoms with Crippen LogP contribution in [0.4, 0.5) is 0 Å². The summed E-state index contributed by atoms with van der Waals surface area (Å²) in [6.07, 6.45) is 2.65. The Labute approximate surface area is 71.0 Å². The number of nitrogens with one attached hydrogen (secondary N) is 1. The number of aliphatic carboxylic acids is 1. The third kappa shape index (κ3) is 8.64. The maximum absolute atomic E-state index is 10.6. The van der Waals surface area contributed by atoms with Crippen LogP contribution in [-0.4, -0.2) is 23.5 Å². The number of carboxylic acids is 1. The van der Waals surface area contributed by atoms with Crippen molar-refractivity contribution in [2.24, 2.45) is 0 Å². The van der Waals surface area contributed by atoms with E-state index >= 15 is 0 Å². The summed E-state index contributed by atoms with van der Waals surface area (Å²) < 4.78 is 0. The van der Waals surface area contributed by atoms with Gasteiger partial charge in [0, 0.05) is 18.7 Å². The minimum Gasteiger partial charge on any atom is -0.478 e. The third-order valence-electron chi connectivity index (χ3n) is 0.927. The van der Waals surface area contributed by atoms with Crippen molar-refractivity contribution in [2.45, 2.75) is 13.3 Å². The van der Waals surface area contributed by atoms with Crippen molar-refractivity contribution >= 4 is 11.9 Å². The molecule has 5 N–H and O–H groups in total. The number of rotatable bonds is 4. The molecule has 0 aromatic rings. The van der Waals surface area contributed by atoms with Gasteiger partial charge in [0.25, 0.3) is 0 Å². The quantitative estimate of drug-likeness (QED) is 0.534. The zero-order valence-corrected chi connectivity index (χ0v) is 7.04. The Kier molecular flexibility index (Phi) is 8.55. The number of carbonyl (C=O) groups excluding carboxylic acids is 1. The largest absolute Gasteiger partial charge is 0.478 e. The first-order valence-corrected chi connectivity index (χ1v) is 3.35. The van der Waals surface area contributed by atoms with Crippen molar-refractivity contribution in [3.63, 3.8) is 0 Å². The average molecular weight is 174 g/mol. The predicted molar refractivity (Wildman–Crippen MR) is 45.1 cm³/mol. The molecule has 0 rings (SSSR count). The molecule has 0 unspecified atom stereocenters. The van der Waals surface area contributed by atoms with Gasteiger partial charge in [0.1, 0.15) is 0 Å². The normalized spacial score (nSPS) is 9.08. The Hall–Kier alpha value is -1.36. The summed E-state index contributed by atoms with van der Waals surface area (Å²) in [5.41, 5.74) is 0. The fourth-order valence-electron chi connectivity index (χ4n) is 0.454. The summed E-state index contributed by atoms with van der Waals surface area (Å²) in [6, 6.07) is 0. The molecule has 0 aliphatic rings. The van der Waals surface area contributed by atoms with Crippen LogP contribution < -0.4 is 11.5 Å². The maximum Gasteiger partial charge on any atom is 0.328 e. The van der Waals surface area contributed by atoms with E-state index < -0.39 is 5.97 Å². The zero-order chi connectivity index (χ0) is 8.69. The summed E-state index contributed by atoms with van der Waals surface area (Å²) in [4.78, 5) is 20.6. The van der Waals surface area contributed by atoms with Gasteiger partial charge in [0.2, 0.25) is 5.91 Å². The molecule has 5 nitrogen and oxygen atoms in total. The monoisotopic (exact) mass is 174 g/mol. The van der Waals surface area contributed by atoms with Crippen LogP contribution in [-0.2, 0) is 9.59 Å². The highest BCUT2D eigenvalue weighted by molar-refractivity contribution is 5.93. The Morgan fingerprint density at radius 2 is 2.00 bits per heavy atom. The van der Waals surface area contributed by atoms with Gasteiger partial charge in [-0.05, 0) is 6.42 Å². The summed E-state index contributed by atoms with van der Waals surface area (Å²) in [7, 11) is 0. The van der Waals surface area contributed by atoms with Crippen molar-refractivity contribution in [1.82, 2.24) is 11.5 Å². The summed E-state index contributed by atoms with van der Waals surface area (Å²) >= 11 is 0. The molecule has 0 atom stereocenters. The molecule has 12 heavy (non-hydrogen) atoms. The molecule has 1 amide bonds. The van der Waals surface area contributed by atoms with Crippen molar-refractivity contribution in [3.05, 3.63) is 12.2 Å². The molecule has 0 radical (unpaired) electrons. The van der Waals surface area contributed by atoms with Gasteiger partial charge in [-0.2, -0.15) is 0 Å². The molecule has 0 aromatic heterocycles. The fraction of sp³-hybridized carbons (Fsp3) is 0.429. The van der Waals surface area contributed by atoms with E-state index in [0.717, 1.165) is 18.6 Å². The second-order valence-electron chi connectivity index (χ2n) is 1.96. The Balaban J connectivity index is 0. The molecule has 0 heterocycles. The highest BCUT2D eigenvalue weighted by Gasteiger charge is 1.93. The average Bonchev–Trinajstić information content (AvgIpc) is 1.97. The maximum atomic E-state index is 10.6. The number of amides is 1. The van der Waals surface area contributed by atoms with Crippen LogP contribution in [0.15, 0.2) is 12.2 Å². The highest BCUT2D eigenvalue weighted by Crippen LogP contribution is 1.75. The van der Waals surface area contributed by atoms with E-state index in [-0.39, 0.29) is 12.1 Å². The van der Waals surface area contributed by atoms with Crippen molar-refractivity contribution < 1.29 is 14.7 Å². The number of carboxylic acid groups (broad SMARTS) is 1. The minimum absolute atomic E-state index is 0. The first-order valence-electron chi connectivity index (χ1n) is 3.35. The molecule has 5 heteroatoms. The first kappa shape index (κ1) is 13.2. The molecule has 70 valence electrons. The topological polar surface area (TPSA) is 101 Å². The second-order valence-corrected chi connectivity index (χ2v) is 1.96. The van der Waals surface area contributed by atoms with E-state index in [1.54, 1.807) is 0 Å². The van der Waals surface area contributed by atoms with Gasteiger partial charge in [-0.15, -0.1) is 0 Å². The third-order valence-corrected chi connectivity index (χ3v) is 0.927. The molecule has 0 spiro atoms. The smallest absolute Gasteiger partial charge is 0.328 e. The molecule has 0 bridgehead atoms. The standard InChI is InChI=1S/C7H11NO3.H3N/c1-2-5-8-6(9)3-4-7(10)11;/h3-4H,2,5H2,1H3,(H,8,9)(H,10,11);1H3/b4-3-;. The van der Waals surface area contributed by atoms with E-state index in [2.05, 4.69) is 5.32 Å². The zero-order valence-electron chi connectivity index (χ0n) is 7.04. The lowest BCUT2D eigenvalue weighted by molar-refractivity contribution is -0.131. The molecule has 0 aromatic carbocycles. The van der Waals surface area contributed by atoms with E-state index in [9.17, 15) is 9.59 Å². The Bertz CT molecular complexity index is 177. The van der Waals surface area contributed by atoms with Crippen LogP contribution in [0.25, 0.3) is 0 Å². The summed E-state index contributed by atoms with van der Waals surface area (Å²) in [5, 5.41) is 10.6. The van der Waals surface area contributed by atoms with Gasteiger partial charge >= 0.3 is 5.97 Å². The molecular weight excluding hydrogens is 160 g/mol. The van der Waals surface area contributed by atoms with Crippen molar-refractivity contribution in [1.29, 1.82) is 0 Å². The first-order chi connectivity index (χ1) is 5.16. The Morgan fingerprint density at radius 1 is 1.42 bits per heavy atom. The van der Waals surface area contributed by atoms with Gasteiger partial charge in [-0.25, -0.2) is 4.79 Å². The fourth-order valence-corrected chi connectivity index (χ4v) is 0.454. The number of carbonyl (C=O) groups is 2. The number of hydrogen-bond donors (Lipinski definition) is 3. The van der Waals surface area contributed by atoms with Crippen LogP contribution in [0.2, 0.25) is 0 Å².